The third-order valence-electron chi connectivity index (χ3n) is 4.67. The van der Waals surface area contributed by atoms with Gasteiger partial charge in [0.2, 0.25) is 11.8 Å². The first kappa shape index (κ1) is 17.1. The summed E-state index contributed by atoms with van der Waals surface area (Å²) in [7, 11) is 0. The van der Waals surface area contributed by atoms with E-state index in [0.29, 0.717) is 17.7 Å². The predicted octanol–water partition coefficient (Wildman–Crippen LogP) is 0.656. The Balaban J connectivity index is 1.53. The van der Waals surface area contributed by atoms with Crippen LogP contribution in [0.1, 0.15) is 41.0 Å². The van der Waals surface area contributed by atoms with Crippen LogP contribution in [0, 0.1) is 5.92 Å². The highest BCUT2D eigenvalue weighted by molar-refractivity contribution is 6.21. The summed E-state index contributed by atoms with van der Waals surface area (Å²) >= 11 is 0. The van der Waals surface area contributed by atoms with Gasteiger partial charge in [-0.2, -0.15) is 0 Å². The van der Waals surface area contributed by atoms with Crippen LogP contribution in [0.15, 0.2) is 24.3 Å². The van der Waals surface area contributed by atoms with Crippen molar-refractivity contribution in [2.45, 2.75) is 26.3 Å². The van der Waals surface area contributed by atoms with Gasteiger partial charge in [0.25, 0.3) is 11.8 Å². The maximum Gasteiger partial charge on any atom is 0.261 e. The summed E-state index contributed by atoms with van der Waals surface area (Å²) in [6.07, 6.45) is 0.205. The van der Waals surface area contributed by atoms with Crippen LogP contribution in [0.3, 0.4) is 0 Å². The van der Waals surface area contributed by atoms with E-state index in [4.69, 9.17) is 0 Å². The number of carbonyl (C=O) groups is 4. The lowest BCUT2D eigenvalue weighted by atomic mass is 10.1. The van der Waals surface area contributed by atoms with Crippen molar-refractivity contribution in [1.29, 1.82) is 0 Å². The second kappa shape index (κ2) is 6.66. The van der Waals surface area contributed by atoms with Crippen molar-refractivity contribution in [3.63, 3.8) is 0 Å². The van der Waals surface area contributed by atoms with E-state index < -0.39 is 0 Å². The number of carbonyl (C=O) groups excluding carboxylic acids is 4. The lowest BCUT2D eigenvalue weighted by Crippen LogP contribution is -2.40. The maximum absolute atomic E-state index is 12.2. The molecular weight excluding hydrogens is 322 g/mol. The number of fused-ring (bicyclic) bond motifs is 1. The fourth-order valence-corrected chi connectivity index (χ4v) is 3.28. The molecule has 7 heteroatoms. The zero-order chi connectivity index (χ0) is 18.1. The summed E-state index contributed by atoms with van der Waals surface area (Å²) in [6.45, 7) is 4.54. The van der Waals surface area contributed by atoms with Gasteiger partial charge < -0.3 is 10.2 Å². The minimum Gasteiger partial charge on any atom is -0.354 e. The number of nitrogens with zero attached hydrogens (tertiary/aromatic N) is 2. The molecule has 2 heterocycles. The Bertz CT molecular complexity index is 709. The van der Waals surface area contributed by atoms with Gasteiger partial charge in [0.1, 0.15) is 0 Å². The van der Waals surface area contributed by atoms with Crippen LogP contribution in [0.5, 0.6) is 0 Å². The normalized spacial score (nSPS) is 19.8. The molecular formula is C18H21N3O4. The third-order valence-corrected chi connectivity index (χ3v) is 4.67. The Hall–Kier alpha value is -2.70. The van der Waals surface area contributed by atoms with Crippen LogP contribution in [-0.4, -0.2) is 59.1 Å². The van der Waals surface area contributed by atoms with E-state index in [1.165, 1.54) is 0 Å². The Morgan fingerprint density at radius 3 is 2.28 bits per heavy atom. The minimum absolute atomic E-state index is 0.0181. The molecule has 0 bridgehead atoms. The van der Waals surface area contributed by atoms with Crippen molar-refractivity contribution in [3.05, 3.63) is 35.4 Å². The van der Waals surface area contributed by atoms with Crippen LogP contribution >= 0.6 is 0 Å². The zero-order valence-corrected chi connectivity index (χ0v) is 14.3. The van der Waals surface area contributed by atoms with E-state index in [1.807, 2.05) is 13.8 Å². The van der Waals surface area contributed by atoms with Crippen molar-refractivity contribution >= 4 is 23.6 Å². The van der Waals surface area contributed by atoms with Crippen LogP contribution in [0.25, 0.3) is 0 Å². The number of imide groups is 1. The van der Waals surface area contributed by atoms with Crippen molar-refractivity contribution in [1.82, 2.24) is 15.1 Å². The highest BCUT2D eigenvalue weighted by Crippen LogP contribution is 2.22. The summed E-state index contributed by atoms with van der Waals surface area (Å²) in [5.41, 5.74) is 0.792. The quantitative estimate of drug-likeness (QED) is 0.796. The molecule has 0 saturated carbocycles. The number of rotatable bonds is 5. The Labute approximate surface area is 146 Å². The van der Waals surface area contributed by atoms with Crippen molar-refractivity contribution < 1.29 is 19.2 Å². The van der Waals surface area contributed by atoms with E-state index in [1.54, 1.807) is 29.2 Å². The Kier molecular flexibility index (Phi) is 4.57. The second-order valence-corrected chi connectivity index (χ2v) is 6.64. The monoisotopic (exact) mass is 343 g/mol. The van der Waals surface area contributed by atoms with Crippen LogP contribution < -0.4 is 5.32 Å². The smallest absolute Gasteiger partial charge is 0.261 e. The number of benzene rings is 1. The molecule has 132 valence electrons. The maximum atomic E-state index is 12.2. The number of nitrogens with one attached hydrogen (secondary N) is 1. The average Bonchev–Trinajstić information content (AvgIpc) is 3.09. The molecule has 25 heavy (non-hydrogen) atoms. The highest BCUT2D eigenvalue weighted by Gasteiger charge is 2.37. The molecule has 7 nitrogen and oxygen atoms in total. The predicted molar refractivity (Wildman–Crippen MR) is 89.8 cm³/mol. The van der Waals surface area contributed by atoms with Gasteiger partial charge in [0.05, 0.1) is 17.0 Å². The fraction of sp³-hybridized carbons (Fsp3) is 0.444. The molecule has 1 N–H and O–H groups in total. The van der Waals surface area contributed by atoms with Gasteiger partial charge in [0, 0.05) is 32.1 Å². The zero-order valence-electron chi connectivity index (χ0n) is 14.3. The van der Waals surface area contributed by atoms with Crippen molar-refractivity contribution in [2.75, 3.05) is 19.6 Å². The van der Waals surface area contributed by atoms with Gasteiger partial charge in [-0.1, -0.05) is 12.1 Å². The first-order valence-corrected chi connectivity index (χ1v) is 8.42. The van der Waals surface area contributed by atoms with E-state index >= 15 is 0 Å². The van der Waals surface area contributed by atoms with Gasteiger partial charge in [0.15, 0.2) is 0 Å². The summed E-state index contributed by atoms with van der Waals surface area (Å²) in [5, 5.41) is 2.74. The van der Waals surface area contributed by atoms with E-state index in [2.05, 4.69) is 5.32 Å². The van der Waals surface area contributed by atoms with Gasteiger partial charge in [-0.15, -0.1) is 0 Å². The molecule has 1 fully saturated rings. The molecule has 0 aliphatic carbocycles. The molecule has 1 aromatic rings. The SMILES string of the molecule is CC(C)N1CC(C(=O)NCCN2C(=O)c3ccccc3C2=O)CC1=O. The average molecular weight is 343 g/mol. The molecule has 1 unspecified atom stereocenters. The Morgan fingerprint density at radius 1 is 1.16 bits per heavy atom. The number of amides is 4. The largest absolute Gasteiger partial charge is 0.354 e. The van der Waals surface area contributed by atoms with Crippen LogP contribution in [0.4, 0.5) is 0 Å². The standard InChI is InChI=1S/C18H21N3O4/c1-11(2)21-10-12(9-15(21)22)16(23)19-7-8-20-17(24)13-5-3-4-6-14(13)18(20)25/h3-6,11-12H,7-10H2,1-2H3,(H,19,23). The molecule has 2 aliphatic heterocycles. The van der Waals surface area contributed by atoms with Crippen LogP contribution in [-0.2, 0) is 9.59 Å². The van der Waals surface area contributed by atoms with E-state index in [-0.39, 0.29) is 55.1 Å². The summed E-state index contributed by atoms with van der Waals surface area (Å²) in [6, 6.07) is 6.75. The first-order valence-electron chi connectivity index (χ1n) is 8.42. The molecule has 4 amide bonds. The summed E-state index contributed by atoms with van der Waals surface area (Å²) in [5.74, 6) is -1.28. The van der Waals surface area contributed by atoms with Gasteiger partial charge in [-0.25, -0.2) is 0 Å². The van der Waals surface area contributed by atoms with Gasteiger partial charge in [-0.3, -0.25) is 24.1 Å². The molecule has 1 saturated heterocycles. The lowest BCUT2D eigenvalue weighted by Gasteiger charge is -2.21. The third kappa shape index (κ3) is 3.14. The van der Waals surface area contributed by atoms with E-state index in [0.717, 1.165) is 4.90 Å². The van der Waals surface area contributed by atoms with Crippen molar-refractivity contribution in [3.8, 4) is 0 Å². The summed E-state index contributed by atoms with van der Waals surface area (Å²) in [4.78, 5) is 51.4. The van der Waals surface area contributed by atoms with Gasteiger partial charge in [-0.05, 0) is 26.0 Å². The molecule has 1 aromatic carbocycles. The fourth-order valence-electron chi connectivity index (χ4n) is 3.28. The molecule has 0 aromatic heterocycles. The number of likely N-dealkylation sites (tertiary alicyclic amines) is 1. The highest BCUT2D eigenvalue weighted by atomic mass is 16.2. The summed E-state index contributed by atoms with van der Waals surface area (Å²) < 4.78 is 0. The molecule has 0 radical (unpaired) electrons. The Morgan fingerprint density at radius 2 is 1.76 bits per heavy atom. The van der Waals surface area contributed by atoms with Crippen LogP contribution in [0.2, 0.25) is 0 Å². The van der Waals surface area contributed by atoms with Crippen molar-refractivity contribution in [2.24, 2.45) is 5.92 Å². The molecule has 1 atom stereocenters. The minimum atomic E-state index is -0.378. The number of hydrogen-bond acceptors (Lipinski definition) is 4. The topological polar surface area (TPSA) is 86.8 Å². The molecule has 3 rings (SSSR count). The first-order chi connectivity index (χ1) is 11.9. The molecule has 0 spiro atoms. The molecule has 2 aliphatic rings. The number of hydrogen-bond donors (Lipinski definition) is 1. The lowest BCUT2D eigenvalue weighted by molar-refractivity contribution is -0.129. The van der Waals surface area contributed by atoms with Gasteiger partial charge >= 0.3 is 0 Å². The van der Waals surface area contributed by atoms with E-state index in [9.17, 15) is 19.2 Å². The second-order valence-electron chi connectivity index (χ2n) is 6.64.